The molecule has 1 aliphatic rings. The van der Waals surface area contributed by atoms with Crippen molar-refractivity contribution >= 4 is 22.6 Å². The highest BCUT2D eigenvalue weighted by Crippen LogP contribution is 2.27. The Morgan fingerprint density at radius 3 is 2.76 bits per heavy atom. The first-order chi connectivity index (χ1) is 8.33. The van der Waals surface area contributed by atoms with Gasteiger partial charge in [-0.3, -0.25) is 4.90 Å². The van der Waals surface area contributed by atoms with E-state index in [1.807, 2.05) is 18.2 Å². The number of hydrogen-bond acceptors (Lipinski definition) is 2. The molecular formula is C14H16ClNO. The van der Waals surface area contributed by atoms with E-state index < -0.39 is 0 Å². The summed E-state index contributed by atoms with van der Waals surface area (Å²) in [6, 6.07) is 7.89. The van der Waals surface area contributed by atoms with Gasteiger partial charge in [-0.15, -0.1) is 0 Å². The molecule has 3 heteroatoms. The van der Waals surface area contributed by atoms with Crippen molar-refractivity contribution in [3.8, 4) is 0 Å². The number of nitrogens with zero attached hydrogens (tertiary/aromatic N) is 1. The number of benzene rings is 1. The van der Waals surface area contributed by atoms with Crippen LogP contribution in [0.4, 0.5) is 0 Å². The Morgan fingerprint density at radius 2 is 2.00 bits per heavy atom. The molecule has 0 spiro atoms. The van der Waals surface area contributed by atoms with Crippen molar-refractivity contribution in [2.75, 3.05) is 13.1 Å². The minimum Gasteiger partial charge on any atom is -0.460 e. The van der Waals surface area contributed by atoms with Crippen LogP contribution in [0.15, 0.2) is 28.7 Å². The van der Waals surface area contributed by atoms with Gasteiger partial charge in [0.1, 0.15) is 11.3 Å². The first kappa shape index (κ1) is 11.1. The number of piperidine rings is 1. The van der Waals surface area contributed by atoms with Crippen LogP contribution >= 0.6 is 11.6 Å². The smallest absolute Gasteiger partial charge is 0.135 e. The molecule has 1 aromatic carbocycles. The number of fused-ring (bicyclic) bond motifs is 1. The van der Waals surface area contributed by atoms with E-state index in [9.17, 15) is 0 Å². The molecule has 2 nitrogen and oxygen atoms in total. The second-order valence-corrected chi connectivity index (χ2v) is 5.11. The Labute approximate surface area is 106 Å². The van der Waals surface area contributed by atoms with Crippen molar-refractivity contribution in [2.45, 2.75) is 25.8 Å². The van der Waals surface area contributed by atoms with Gasteiger partial charge in [0, 0.05) is 5.39 Å². The fraction of sp³-hybridized carbons (Fsp3) is 0.429. The third kappa shape index (κ3) is 2.33. The lowest BCUT2D eigenvalue weighted by Gasteiger charge is -2.25. The van der Waals surface area contributed by atoms with Gasteiger partial charge in [0.05, 0.1) is 11.6 Å². The van der Waals surface area contributed by atoms with Crippen LogP contribution in [0.2, 0.25) is 5.02 Å². The average molecular weight is 250 g/mol. The van der Waals surface area contributed by atoms with E-state index in [1.54, 1.807) is 0 Å². The van der Waals surface area contributed by atoms with E-state index in [0.717, 1.165) is 28.3 Å². The quantitative estimate of drug-likeness (QED) is 0.798. The molecule has 0 aliphatic carbocycles. The predicted molar refractivity (Wildman–Crippen MR) is 70.4 cm³/mol. The SMILES string of the molecule is Clc1cccc2oc(CN3CCCCC3)cc12. The molecule has 0 bridgehead atoms. The van der Waals surface area contributed by atoms with E-state index in [2.05, 4.69) is 11.0 Å². The van der Waals surface area contributed by atoms with E-state index >= 15 is 0 Å². The Morgan fingerprint density at radius 1 is 1.18 bits per heavy atom. The van der Waals surface area contributed by atoms with Crippen molar-refractivity contribution in [1.82, 2.24) is 4.90 Å². The molecule has 1 aromatic heterocycles. The summed E-state index contributed by atoms with van der Waals surface area (Å²) in [6.07, 6.45) is 3.98. The van der Waals surface area contributed by atoms with Crippen LogP contribution in [0.5, 0.6) is 0 Å². The molecule has 17 heavy (non-hydrogen) atoms. The van der Waals surface area contributed by atoms with Crippen LogP contribution in [0.3, 0.4) is 0 Å². The summed E-state index contributed by atoms with van der Waals surface area (Å²) in [5.41, 5.74) is 0.893. The Balaban J connectivity index is 1.83. The first-order valence-electron chi connectivity index (χ1n) is 6.22. The molecule has 2 aromatic rings. The fourth-order valence-electron chi connectivity index (χ4n) is 2.49. The highest BCUT2D eigenvalue weighted by Gasteiger charge is 2.13. The Hall–Kier alpha value is -0.990. The zero-order valence-corrected chi connectivity index (χ0v) is 10.5. The van der Waals surface area contributed by atoms with E-state index in [0.29, 0.717) is 0 Å². The lowest BCUT2D eigenvalue weighted by atomic mass is 10.1. The molecule has 0 radical (unpaired) electrons. The topological polar surface area (TPSA) is 16.4 Å². The van der Waals surface area contributed by atoms with Crippen LogP contribution in [0.25, 0.3) is 11.0 Å². The summed E-state index contributed by atoms with van der Waals surface area (Å²) >= 11 is 6.14. The average Bonchev–Trinajstić information content (AvgIpc) is 2.74. The summed E-state index contributed by atoms with van der Waals surface area (Å²) in [7, 11) is 0. The summed E-state index contributed by atoms with van der Waals surface area (Å²) < 4.78 is 5.83. The van der Waals surface area contributed by atoms with Crippen LogP contribution in [0.1, 0.15) is 25.0 Å². The highest BCUT2D eigenvalue weighted by atomic mass is 35.5. The lowest BCUT2D eigenvalue weighted by molar-refractivity contribution is 0.207. The molecule has 1 saturated heterocycles. The highest BCUT2D eigenvalue weighted by molar-refractivity contribution is 6.35. The van der Waals surface area contributed by atoms with Gasteiger partial charge in [0.15, 0.2) is 0 Å². The molecule has 1 aliphatic heterocycles. The molecule has 0 saturated carbocycles. The maximum atomic E-state index is 6.14. The number of furan rings is 1. The number of rotatable bonds is 2. The van der Waals surface area contributed by atoms with E-state index in [4.69, 9.17) is 16.0 Å². The van der Waals surface area contributed by atoms with Gasteiger partial charge in [-0.25, -0.2) is 0 Å². The van der Waals surface area contributed by atoms with Crippen molar-refractivity contribution in [3.05, 3.63) is 35.0 Å². The number of halogens is 1. The molecule has 0 amide bonds. The fourth-order valence-corrected chi connectivity index (χ4v) is 2.71. The van der Waals surface area contributed by atoms with Gasteiger partial charge >= 0.3 is 0 Å². The van der Waals surface area contributed by atoms with Crippen LogP contribution < -0.4 is 0 Å². The minimum atomic E-state index is 0.774. The van der Waals surface area contributed by atoms with Crippen molar-refractivity contribution in [1.29, 1.82) is 0 Å². The predicted octanol–water partition coefficient (Wildman–Crippen LogP) is 4.07. The molecule has 1 fully saturated rings. The molecule has 90 valence electrons. The summed E-state index contributed by atoms with van der Waals surface area (Å²) in [5.74, 6) is 1.02. The van der Waals surface area contributed by atoms with Gasteiger partial charge in [-0.2, -0.15) is 0 Å². The maximum Gasteiger partial charge on any atom is 0.135 e. The lowest BCUT2D eigenvalue weighted by Crippen LogP contribution is -2.28. The zero-order valence-electron chi connectivity index (χ0n) is 9.79. The van der Waals surface area contributed by atoms with E-state index in [-0.39, 0.29) is 0 Å². The van der Waals surface area contributed by atoms with Crippen molar-refractivity contribution in [3.63, 3.8) is 0 Å². The second-order valence-electron chi connectivity index (χ2n) is 4.70. The standard InChI is InChI=1S/C14H16ClNO/c15-13-5-4-6-14-12(13)9-11(17-14)10-16-7-2-1-3-8-16/h4-6,9H,1-3,7-8,10H2. The maximum absolute atomic E-state index is 6.14. The van der Waals surface area contributed by atoms with Gasteiger partial charge < -0.3 is 4.42 Å². The summed E-state index contributed by atoms with van der Waals surface area (Å²) in [4.78, 5) is 2.45. The van der Waals surface area contributed by atoms with Crippen molar-refractivity contribution < 1.29 is 4.42 Å². The molecule has 0 atom stereocenters. The van der Waals surface area contributed by atoms with E-state index in [1.165, 1.54) is 32.4 Å². The second kappa shape index (κ2) is 4.71. The van der Waals surface area contributed by atoms with Crippen LogP contribution in [-0.2, 0) is 6.54 Å². The molecule has 3 rings (SSSR count). The molecule has 0 unspecified atom stereocenters. The Bertz CT molecular complexity index is 514. The number of likely N-dealkylation sites (tertiary alicyclic amines) is 1. The monoisotopic (exact) mass is 249 g/mol. The van der Waals surface area contributed by atoms with Gasteiger partial charge in [0.25, 0.3) is 0 Å². The molecule has 2 heterocycles. The largest absolute Gasteiger partial charge is 0.460 e. The number of hydrogen-bond donors (Lipinski definition) is 0. The minimum absolute atomic E-state index is 0.774. The third-order valence-electron chi connectivity index (χ3n) is 3.39. The Kier molecular flexibility index (Phi) is 3.08. The normalized spacial score (nSPS) is 17.7. The van der Waals surface area contributed by atoms with Crippen LogP contribution in [-0.4, -0.2) is 18.0 Å². The molecular weight excluding hydrogens is 234 g/mol. The molecule has 0 N–H and O–H groups in total. The van der Waals surface area contributed by atoms with Gasteiger partial charge in [-0.1, -0.05) is 24.1 Å². The van der Waals surface area contributed by atoms with Gasteiger partial charge in [0.2, 0.25) is 0 Å². The zero-order chi connectivity index (χ0) is 11.7. The van der Waals surface area contributed by atoms with Gasteiger partial charge in [-0.05, 0) is 44.1 Å². The first-order valence-corrected chi connectivity index (χ1v) is 6.60. The van der Waals surface area contributed by atoms with Crippen molar-refractivity contribution in [2.24, 2.45) is 0 Å². The van der Waals surface area contributed by atoms with Crippen LogP contribution in [0, 0.1) is 0 Å². The summed E-state index contributed by atoms with van der Waals surface area (Å²) in [6.45, 7) is 3.28. The summed E-state index contributed by atoms with van der Waals surface area (Å²) in [5, 5.41) is 1.80. The third-order valence-corrected chi connectivity index (χ3v) is 3.72.